The summed E-state index contributed by atoms with van der Waals surface area (Å²) < 4.78 is 12.8. The Bertz CT molecular complexity index is 684. The van der Waals surface area contributed by atoms with Crippen LogP contribution in [-0.4, -0.2) is 10.9 Å². The molecule has 0 bridgehead atoms. The van der Waals surface area contributed by atoms with Crippen molar-refractivity contribution >= 4 is 11.9 Å². The lowest BCUT2D eigenvalue weighted by Gasteiger charge is -1.98. The molecule has 0 spiro atoms. The Labute approximate surface area is 109 Å². The maximum absolute atomic E-state index is 12.8. The van der Waals surface area contributed by atoms with Crippen LogP contribution in [0.3, 0.4) is 0 Å². The molecule has 0 saturated carbocycles. The number of carbonyl (C=O) groups is 1. The second-order valence-corrected chi connectivity index (χ2v) is 4.53. The van der Waals surface area contributed by atoms with Crippen molar-refractivity contribution < 1.29 is 14.3 Å². The van der Waals surface area contributed by atoms with Gasteiger partial charge in [-0.1, -0.05) is 24.3 Å². The van der Waals surface area contributed by atoms with Crippen molar-refractivity contribution in [2.24, 2.45) is 0 Å². The molecule has 0 heterocycles. The Morgan fingerprint density at radius 2 is 1.84 bits per heavy atom. The summed E-state index contributed by atoms with van der Waals surface area (Å²) in [6.07, 6.45) is 2.15. The Kier molecular flexibility index (Phi) is 2.67. The molecule has 94 valence electrons. The van der Waals surface area contributed by atoms with E-state index in [2.05, 4.69) is 0 Å². The van der Waals surface area contributed by atoms with Crippen LogP contribution in [0.4, 0.5) is 4.39 Å². The summed E-state index contributed by atoms with van der Waals surface area (Å²) in [5, 5.41) is 9.74. The molecule has 1 aliphatic carbocycles. The molecule has 0 aromatic heterocycles. The van der Waals surface area contributed by atoms with E-state index in [4.69, 9.17) is 0 Å². The van der Waals surface area contributed by atoms with Crippen molar-refractivity contribution in [2.45, 2.75) is 6.42 Å². The van der Waals surface area contributed by atoms with Gasteiger partial charge in [-0.3, -0.25) is 4.79 Å². The molecular weight excluding hydrogens is 243 g/mol. The third-order valence-corrected chi connectivity index (χ3v) is 3.27. The van der Waals surface area contributed by atoms with Gasteiger partial charge in [0.05, 0.1) is 0 Å². The SMILES string of the molecule is O=C1/C(=C\c2ccc(F)cc2)Cc2c(O)cccc21. The van der Waals surface area contributed by atoms with E-state index >= 15 is 0 Å². The zero-order valence-electron chi connectivity index (χ0n) is 10.1. The Morgan fingerprint density at radius 3 is 2.53 bits per heavy atom. The number of phenols is 1. The van der Waals surface area contributed by atoms with Gasteiger partial charge >= 0.3 is 0 Å². The largest absolute Gasteiger partial charge is 0.508 e. The first kappa shape index (κ1) is 11.7. The van der Waals surface area contributed by atoms with Crippen molar-refractivity contribution in [3.05, 3.63) is 70.5 Å². The molecule has 2 aromatic carbocycles. The number of allylic oxidation sites excluding steroid dienone is 1. The summed E-state index contributed by atoms with van der Waals surface area (Å²) >= 11 is 0. The lowest BCUT2D eigenvalue weighted by atomic mass is 10.1. The molecule has 0 radical (unpaired) electrons. The van der Waals surface area contributed by atoms with Gasteiger partial charge in [-0.2, -0.15) is 0 Å². The zero-order chi connectivity index (χ0) is 13.4. The lowest BCUT2D eigenvalue weighted by Crippen LogP contribution is -1.94. The highest BCUT2D eigenvalue weighted by Crippen LogP contribution is 2.33. The molecule has 3 rings (SSSR count). The summed E-state index contributed by atoms with van der Waals surface area (Å²) in [6.45, 7) is 0. The molecule has 0 amide bonds. The number of hydrogen-bond donors (Lipinski definition) is 1. The van der Waals surface area contributed by atoms with Crippen molar-refractivity contribution in [3.8, 4) is 5.75 Å². The molecule has 1 aliphatic rings. The third kappa shape index (κ3) is 2.03. The number of benzene rings is 2. The predicted molar refractivity (Wildman–Crippen MR) is 70.5 cm³/mol. The maximum Gasteiger partial charge on any atom is 0.189 e. The van der Waals surface area contributed by atoms with Gasteiger partial charge in [0.15, 0.2) is 5.78 Å². The fourth-order valence-electron chi connectivity index (χ4n) is 2.29. The van der Waals surface area contributed by atoms with E-state index in [1.165, 1.54) is 12.1 Å². The minimum absolute atomic E-state index is 0.0739. The van der Waals surface area contributed by atoms with Gasteiger partial charge in [-0.15, -0.1) is 0 Å². The smallest absolute Gasteiger partial charge is 0.189 e. The molecule has 0 fully saturated rings. The molecule has 3 heteroatoms. The molecule has 2 nitrogen and oxygen atoms in total. The fraction of sp³-hybridized carbons (Fsp3) is 0.0625. The fourth-order valence-corrected chi connectivity index (χ4v) is 2.29. The minimum Gasteiger partial charge on any atom is -0.508 e. The monoisotopic (exact) mass is 254 g/mol. The molecule has 1 N–H and O–H groups in total. The van der Waals surface area contributed by atoms with Crippen LogP contribution < -0.4 is 0 Å². The van der Waals surface area contributed by atoms with Gasteiger partial charge in [0.1, 0.15) is 11.6 Å². The molecular formula is C16H11FO2. The van der Waals surface area contributed by atoms with E-state index in [1.54, 1.807) is 36.4 Å². The highest BCUT2D eigenvalue weighted by molar-refractivity contribution is 6.16. The number of phenolic OH excluding ortho intramolecular Hbond substituents is 1. The number of Topliss-reactive ketones (excluding diaryl/α,β-unsaturated/α-hetero) is 1. The van der Waals surface area contributed by atoms with Crippen molar-refractivity contribution in [1.82, 2.24) is 0 Å². The summed E-state index contributed by atoms with van der Waals surface area (Å²) in [4.78, 5) is 12.2. The standard InChI is InChI=1S/C16H11FO2/c17-12-6-4-10(5-7-12)8-11-9-14-13(16(11)19)2-1-3-15(14)18/h1-8,18H,9H2/b11-8-. The summed E-state index contributed by atoms with van der Waals surface area (Å²) in [5.74, 6) is -0.232. The first-order valence-corrected chi connectivity index (χ1v) is 5.97. The molecule has 0 aliphatic heterocycles. The first-order valence-electron chi connectivity index (χ1n) is 5.97. The van der Waals surface area contributed by atoms with Crippen LogP contribution >= 0.6 is 0 Å². The Morgan fingerprint density at radius 1 is 1.11 bits per heavy atom. The number of ketones is 1. The Hall–Kier alpha value is -2.42. The van der Waals surface area contributed by atoms with Gasteiger partial charge in [0.25, 0.3) is 0 Å². The van der Waals surface area contributed by atoms with Crippen molar-refractivity contribution in [1.29, 1.82) is 0 Å². The van der Waals surface area contributed by atoms with Gasteiger partial charge in [0, 0.05) is 23.1 Å². The second kappa shape index (κ2) is 4.35. The van der Waals surface area contributed by atoms with Crippen LogP contribution in [0.15, 0.2) is 48.0 Å². The van der Waals surface area contributed by atoms with Crippen LogP contribution in [0.25, 0.3) is 6.08 Å². The minimum atomic E-state index is -0.305. The van der Waals surface area contributed by atoms with Crippen LogP contribution in [0.1, 0.15) is 21.5 Å². The second-order valence-electron chi connectivity index (χ2n) is 4.53. The number of rotatable bonds is 1. The van der Waals surface area contributed by atoms with E-state index < -0.39 is 0 Å². The predicted octanol–water partition coefficient (Wildman–Crippen LogP) is 3.35. The van der Waals surface area contributed by atoms with Crippen molar-refractivity contribution in [3.63, 3.8) is 0 Å². The topological polar surface area (TPSA) is 37.3 Å². The van der Waals surface area contributed by atoms with Crippen LogP contribution in [0.2, 0.25) is 0 Å². The number of halogens is 1. The van der Waals surface area contributed by atoms with Crippen molar-refractivity contribution in [2.75, 3.05) is 0 Å². The summed E-state index contributed by atoms with van der Waals surface area (Å²) in [6, 6.07) is 10.9. The summed E-state index contributed by atoms with van der Waals surface area (Å²) in [5.41, 5.74) is 2.61. The quantitative estimate of drug-likeness (QED) is 0.792. The van der Waals surface area contributed by atoms with E-state index in [-0.39, 0.29) is 17.3 Å². The summed E-state index contributed by atoms with van der Waals surface area (Å²) in [7, 11) is 0. The van der Waals surface area contributed by atoms with E-state index in [0.717, 1.165) is 5.56 Å². The van der Waals surface area contributed by atoms with E-state index in [9.17, 15) is 14.3 Å². The Balaban J connectivity index is 2.00. The lowest BCUT2D eigenvalue weighted by molar-refractivity contribution is 0.104. The normalized spacial score (nSPS) is 15.8. The number of fused-ring (bicyclic) bond motifs is 1. The number of aromatic hydroxyl groups is 1. The first-order chi connectivity index (χ1) is 9.15. The van der Waals surface area contributed by atoms with Gasteiger partial charge in [-0.05, 0) is 29.8 Å². The average Bonchev–Trinajstić information content (AvgIpc) is 2.72. The third-order valence-electron chi connectivity index (χ3n) is 3.27. The maximum atomic E-state index is 12.8. The molecule has 2 aromatic rings. The molecule has 0 atom stereocenters. The van der Waals surface area contributed by atoms with Crippen LogP contribution in [0, 0.1) is 5.82 Å². The van der Waals surface area contributed by atoms with E-state index in [0.29, 0.717) is 23.1 Å². The zero-order valence-corrected chi connectivity index (χ0v) is 10.1. The van der Waals surface area contributed by atoms with Gasteiger partial charge in [0.2, 0.25) is 0 Å². The van der Waals surface area contributed by atoms with Crippen LogP contribution in [0.5, 0.6) is 5.75 Å². The van der Waals surface area contributed by atoms with Crippen LogP contribution in [-0.2, 0) is 6.42 Å². The van der Waals surface area contributed by atoms with Gasteiger partial charge in [-0.25, -0.2) is 4.39 Å². The molecule has 0 unspecified atom stereocenters. The average molecular weight is 254 g/mol. The highest BCUT2D eigenvalue weighted by Gasteiger charge is 2.26. The molecule has 0 saturated heterocycles. The van der Waals surface area contributed by atoms with E-state index in [1.807, 2.05) is 0 Å². The van der Waals surface area contributed by atoms with Gasteiger partial charge < -0.3 is 5.11 Å². The molecule has 19 heavy (non-hydrogen) atoms. The highest BCUT2D eigenvalue weighted by atomic mass is 19.1. The number of carbonyl (C=O) groups excluding carboxylic acids is 1. The number of hydrogen-bond acceptors (Lipinski definition) is 2.